The van der Waals surface area contributed by atoms with Crippen molar-refractivity contribution in [2.45, 2.75) is 20.8 Å². The number of amides is 1. The van der Waals surface area contributed by atoms with Gasteiger partial charge in [0.15, 0.2) is 0 Å². The molecule has 1 amide bonds. The topological polar surface area (TPSA) is 84.0 Å². The summed E-state index contributed by atoms with van der Waals surface area (Å²) in [4.78, 5) is 11.7. The smallest absolute Gasteiger partial charge is 0.229 e. The van der Waals surface area contributed by atoms with Crippen LogP contribution in [-0.4, -0.2) is 11.0 Å². The number of phenolic OH excluding ortho intramolecular Hbond substituents is 1. The maximum absolute atomic E-state index is 11.7. The van der Waals surface area contributed by atoms with Crippen molar-refractivity contribution in [1.29, 1.82) is 0 Å². The van der Waals surface area contributed by atoms with E-state index in [0.717, 1.165) is 0 Å². The van der Waals surface area contributed by atoms with Crippen LogP contribution in [0, 0.1) is 5.41 Å². The largest absolute Gasteiger partial charge is 0.506 e. The van der Waals surface area contributed by atoms with Crippen LogP contribution >= 0.6 is 0 Å². The third-order valence-corrected chi connectivity index (χ3v) is 2.02. The van der Waals surface area contributed by atoms with Crippen molar-refractivity contribution in [2.24, 2.45) is 10.5 Å². The van der Waals surface area contributed by atoms with Crippen molar-refractivity contribution in [2.75, 3.05) is 5.32 Å². The van der Waals surface area contributed by atoms with Crippen LogP contribution in [0.3, 0.4) is 0 Å². The van der Waals surface area contributed by atoms with Gasteiger partial charge in [0.25, 0.3) is 0 Å². The van der Waals surface area contributed by atoms with Gasteiger partial charge in [0, 0.05) is 11.1 Å². The van der Waals surface area contributed by atoms with Crippen molar-refractivity contribution < 1.29 is 9.90 Å². The molecule has 5 heteroatoms. The van der Waals surface area contributed by atoms with Crippen LogP contribution in [0.25, 0.3) is 0 Å². The monoisotopic (exact) mass is 220 g/mol. The van der Waals surface area contributed by atoms with Crippen LogP contribution < -0.4 is 10.8 Å². The van der Waals surface area contributed by atoms with Crippen molar-refractivity contribution in [3.8, 4) is 5.75 Å². The summed E-state index contributed by atoms with van der Waals surface area (Å²) < 4.78 is 0. The maximum Gasteiger partial charge on any atom is 0.229 e. The Labute approximate surface area is 94.0 Å². The molecule has 0 fully saturated rings. The highest BCUT2D eigenvalue weighted by atomic mass is 16.3. The second-order valence-electron chi connectivity index (χ2n) is 4.51. The summed E-state index contributed by atoms with van der Waals surface area (Å²) >= 11 is 0. The first-order chi connectivity index (χ1) is 7.34. The van der Waals surface area contributed by atoms with Crippen LogP contribution in [0.1, 0.15) is 20.8 Å². The van der Waals surface area contributed by atoms with Crippen molar-refractivity contribution in [3.05, 3.63) is 18.2 Å². The summed E-state index contributed by atoms with van der Waals surface area (Å²) in [5.74, 6) is -0.293. The van der Waals surface area contributed by atoms with Gasteiger partial charge in [-0.3, -0.25) is 4.79 Å². The number of hydrogen-bond donors (Lipinski definition) is 2. The molecule has 0 aliphatic rings. The highest BCUT2D eigenvalue weighted by molar-refractivity contribution is 5.95. The molecule has 85 valence electrons. The number of rotatable bonds is 2. The van der Waals surface area contributed by atoms with E-state index in [-0.39, 0.29) is 17.3 Å². The molecule has 1 rings (SSSR count). The van der Waals surface area contributed by atoms with Gasteiger partial charge in [-0.25, -0.2) is 0 Å². The first kappa shape index (κ1) is 12.2. The van der Waals surface area contributed by atoms with Crippen molar-refractivity contribution >= 4 is 17.3 Å². The van der Waals surface area contributed by atoms with E-state index in [2.05, 4.69) is 10.4 Å². The lowest BCUT2D eigenvalue weighted by Crippen LogP contribution is -2.27. The van der Waals surface area contributed by atoms with Gasteiger partial charge in [-0.15, -0.1) is 5.11 Å². The number of hydrogen-bond acceptors (Lipinski definition) is 3. The number of nitrogens with zero attached hydrogens (tertiary/aromatic N) is 2. The predicted molar refractivity (Wildman–Crippen MR) is 60.4 cm³/mol. The lowest BCUT2D eigenvalue weighted by molar-refractivity contribution is -0.123. The minimum atomic E-state index is -0.506. The maximum atomic E-state index is 11.7. The van der Waals surface area contributed by atoms with Gasteiger partial charge in [0.05, 0.1) is 0 Å². The molecular weight excluding hydrogens is 206 g/mol. The van der Waals surface area contributed by atoms with Crippen LogP contribution in [0.2, 0.25) is 0 Å². The summed E-state index contributed by atoms with van der Waals surface area (Å²) in [7, 11) is 0. The Morgan fingerprint density at radius 2 is 2.06 bits per heavy atom. The zero-order valence-corrected chi connectivity index (χ0v) is 9.48. The molecule has 2 N–H and O–H groups in total. The van der Waals surface area contributed by atoms with Crippen LogP contribution in [-0.2, 0) is 4.79 Å². The lowest BCUT2D eigenvalue weighted by atomic mass is 9.95. The van der Waals surface area contributed by atoms with Gasteiger partial charge < -0.3 is 10.4 Å². The molecule has 0 spiro atoms. The third-order valence-electron chi connectivity index (χ3n) is 2.02. The van der Waals surface area contributed by atoms with E-state index in [4.69, 9.17) is 5.53 Å². The average molecular weight is 220 g/mol. The van der Waals surface area contributed by atoms with Crippen LogP contribution in [0.5, 0.6) is 5.75 Å². The van der Waals surface area contributed by atoms with E-state index in [9.17, 15) is 9.90 Å². The van der Waals surface area contributed by atoms with E-state index >= 15 is 0 Å². The number of nitrogens with one attached hydrogen (secondary N) is 1. The molecule has 5 nitrogen and oxygen atoms in total. The Bertz CT molecular complexity index is 422. The normalized spacial score (nSPS) is 10.9. The molecule has 0 unspecified atom stereocenters. The van der Waals surface area contributed by atoms with E-state index in [1.807, 2.05) is 0 Å². The van der Waals surface area contributed by atoms with Crippen molar-refractivity contribution in [1.82, 2.24) is 5.53 Å². The van der Waals surface area contributed by atoms with Gasteiger partial charge in [-0.05, 0) is 23.7 Å². The number of phenols is 1. The van der Waals surface area contributed by atoms with E-state index in [0.29, 0.717) is 5.69 Å². The number of carbonyl (C=O) groups excluding carboxylic acids is 1. The lowest BCUT2D eigenvalue weighted by Gasteiger charge is -2.17. The summed E-state index contributed by atoms with van der Waals surface area (Å²) in [5.41, 5.74) is 8.58. The molecule has 0 aromatic heterocycles. The van der Waals surface area contributed by atoms with E-state index in [1.165, 1.54) is 18.2 Å². The summed E-state index contributed by atoms with van der Waals surface area (Å²) in [6.45, 7) is 5.38. The number of aromatic hydroxyl groups is 1. The zero-order valence-electron chi connectivity index (χ0n) is 9.48. The molecule has 16 heavy (non-hydrogen) atoms. The molecule has 1 aromatic rings. The Hall–Kier alpha value is -1.91. The number of carbonyl (C=O) groups is 1. The Morgan fingerprint density at radius 1 is 1.44 bits per heavy atom. The fourth-order valence-corrected chi connectivity index (χ4v) is 1.000. The fourth-order valence-electron chi connectivity index (χ4n) is 1.000. The molecule has 0 saturated heterocycles. The SMILES string of the molecule is CC(C)(C)C(=O)Nc1ccc(O)c(N=[N])c1. The van der Waals surface area contributed by atoms with Crippen LogP contribution in [0.15, 0.2) is 23.3 Å². The van der Waals surface area contributed by atoms with Crippen LogP contribution in [0.4, 0.5) is 11.4 Å². The molecule has 0 saturated carbocycles. The zero-order chi connectivity index (χ0) is 12.3. The predicted octanol–water partition coefficient (Wildman–Crippen LogP) is 2.26. The molecule has 0 bridgehead atoms. The second kappa shape index (κ2) is 4.30. The van der Waals surface area contributed by atoms with E-state index in [1.54, 1.807) is 20.8 Å². The number of benzene rings is 1. The molecule has 1 aromatic carbocycles. The molecule has 0 aliphatic heterocycles. The van der Waals surface area contributed by atoms with Gasteiger partial charge in [-0.2, -0.15) is 0 Å². The first-order valence-corrected chi connectivity index (χ1v) is 4.84. The third kappa shape index (κ3) is 2.79. The molecule has 0 atom stereocenters. The number of anilines is 1. The van der Waals surface area contributed by atoms with Gasteiger partial charge in [-0.1, -0.05) is 20.8 Å². The Kier molecular flexibility index (Phi) is 3.27. The quantitative estimate of drug-likeness (QED) is 0.591. The highest BCUT2D eigenvalue weighted by Gasteiger charge is 2.21. The Balaban J connectivity index is 2.91. The molecule has 0 aliphatic carbocycles. The average Bonchev–Trinajstić information content (AvgIpc) is 2.19. The van der Waals surface area contributed by atoms with Gasteiger partial charge in [0.2, 0.25) is 5.91 Å². The van der Waals surface area contributed by atoms with Gasteiger partial charge >= 0.3 is 0 Å². The molecule has 0 heterocycles. The highest BCUT2D eigenvalue weighted by Crippen LogP contribution is 2.29. The first-order valence-electron chi connectivity index (χ1n) is 4.84. The summed E-state index contributed by atoms with van der Waals surface area (Å²) in [6.07, 6.45) is 0. The second-order valence-corrected chi connectivity index (χ2v) is 4.51. The minimum Gasteiger partial charge on any atom is -0.506 e. The van der Waals surface area contributed by atoms with E-state index < -0.39 is 5.41 Å². The van der Waals surface area contributed by atoms with Crippen molar-refractivity contribution in [3.63, 3.8) is 0 Å². The fraction of sp³-hybridized carbons (Fsp3) is 0.364. The molecular formula is C11H14N3O2. The minimum absolute atomic E-state index is 0.0201. The van der Waals surface area contributed by atoms with Gasteiger partial charge in [0.1, 0.15) is 11.4 Å². The summed E-state index contributed by atoms with van der Waals surface area (Å²) in [5, 5.41) is 14.8. The Morgan fingerprint density at radius 3 is 2.56 bits per heavy atom. The summed E-state index contributed by atoms with van der Waals surface area (Å²) in [6, 6.07) is 4.28. The standard InChI is InChI=1S/C11H14N3O2/c1-11(2,3)10(16)13-7-4-5-9(15)8(6-7)14-12/h4-6,15H,1-3H3,(H,13,16). The molecule has 1 radical (unpaired) electrons.